The molecule has 0 bridgehead atoms. The number of ether oxygens (including phenoxy) is 2. The Bertz CT molecular complexity index is 213. The summed E-state index contributed by atoms with van der Waals surface area (Å²) in [4.78, 5) is 13.0. The van der Waals surface area contributed by atoms with Gasteiger partial charge in [0.15, 0.2) is 6.29 Å². The van der Waals surface area contributed by atoms with Crippen molar-refractivity contribution in [2.24, 2.45) is 0 Å². The summed E-state index contributed by atoms with van der Waals surface area (Å²) in [5, 5.41) is 0. The number of nitrogens with zero attached hydrogens (tertiary/aromatic N) is 1. The summed E-state index contributed by atoms with van der Waals surface area (Å²) in [5.74, 6) is 0.234. The number of rotatable bonds is 8. The van der Waals surface area contributed by atoms with Crippen molar-refractivity contribution in [2.45, 2.75) is 51.2 Å². The average molecular weight is 243 g/mol. The monoisotopic (exact) mass is 243 g/mol. The molecular weight excluding hydrogens is 218 g/mol. The van der Waals surface area contributed by atoms with Gasteiger partial charge in [0.1, 0.15) is 0 Å². The van der Waals surface area contributed by atoms with E-state index < -0.39 is 0 Å². The largest absolute Gasteiger partial charge is 0.350 e. The third kappa shape index (κ3) is 6.64. The first-order valence-corrected chi connectivity index (χ1v) is 6.63. The lowest BCUT2D eigenvalue weighted by atomic mass is 10.1. The average Bonchev–Trinajstić information content (AvgIpc) is 2.80. The van der Waals surface area contributed by atoms with Gasteiger partial charge in [-0.3, -0.25) is 4.79 Å². The molecule has 4 heteroatoms. The first-order valence-electron chi connectivity index (χ1n) is 6.63. The molecule has 1 amide bonds. The highest BCUT2D eigenvalue weighted by Crippen LogP contribution is 2.14. The number of carbonyl (C=O) groups is 1. The Morgan fingerprint density at radius 3 is 2.29 bits per heavy atom. The Labute approximate surface area is 104 Å². The van der Waals surface area contributed by atoms with Crippen LogP contribution in [0.15, 0.2) is 0 Å². The van der Waals surface area contributed by atoms with Crippen LogP contribution < -0.4 is 0 Å². The summed E-state index contributed by atoms with van der Waals surface area (Å²) in [7, 11) is 3.62. The Kier molecular flexibility index (Phi) is 7.21. The van der Waals surface area contributed by atoms with Gasteiger partial charge in [-0.2, -0.15) is 0 Å². The van der Waals surface area contributed by atoms with Crippen molar-refractivity contribution in [3.05, 3.63) is 0 Å². The fraction of sp³-hybridized carbons (Fsp3) is 0.923. The van der Waals surface area contributed by atoms with Gasteiger partial charge in [0.05, 0.1) is 13.2 Å². The minimum absolute atomic E-state index is 0.0466. The maximum atomic E-state index is 11.3. The van der Waals surface area contributed by atoms with Crippen LogP contribution in [0, 0.1) is 0 Å². The van der Waals surface area contributed by atoms with E-state index in [0.717, 1.165) is 38.9 Å². The van der Waals surface area contributed by atoms with Gasteiger partial charge < -0.3 is 14.4 Å². The second-order valence-electron chi connectivity index (χ2n) is 4.77. The van der Waals surface area contributed by atoms with Crippen LogP contribution in [0.3, 0.4) is 0 Å². The van der Waals surface area contributed by atoms with E-state index in [9.17, 15) is 4.79 Å². The zero-order valence-corrected chi connectivity index (χ0v) is 11.1. The molecule has 17 heavy (non-hydrogen) atoms. The molecule has 0 N–H and O–H groups in total. The molecule has 0 aromatic carbocycles. The van der Waals surface area contributed by atoms with Crippen molar-refractivity contribution < 1.29 is 14.3 Å². The van der Waals surface area contributed by atoms with E-state index in [1.54, 1.807) is 4.90 Å². The van der Waals surface area contributed by atoms with Crippen LogP contribution >= 0.6 is 0 Å². The van der Waals surface area contributed by atoms with E-state index in [0.29, 0.717) is 6.42 Å². The lowest BCUT2D eigenvalue weighted by molar-refractivity contribution is -0.128. The van der Waals surface area contributed by atoms with Gasteiger partial charge in [-0.05, 0) is 19.3 Å². The second kappa shape index (κ2) is 8.48. The summed E-state index contributed by atoms with van der Waals surface area (Å²) in [6.07, 6.45) is 7.46. The maximum Gasteiger partial charge on any atom is 0.222 e. The van der Waals surface area contributed by atoms with Gasteiger partial charge in [0.2, 0.25) is 5.91 Å². The zero-order valence-electron chi connectivity index (χ0n) is 11.1. The van der Waals surface area contributed by atoms with E-state index in [4.69, 9.17) is 9.47 Å². The van der Waals surface area contributed by atoms with Crippen LogP contribution in [0.4, 0.5) is 0 Å². The van der Waals surface area contributed by atoms with Crippen molar-refractivity contribution in [3.8, 4) is 0 Å². The number of unbranched alkanes of at least 4 members (excludes halogenated alkanes) is 4. The number of carbonyl (C=O) groups excluding carboxylic acids is 1. The third-order valence-corrected chi connectivity index (χ3v) is 3.02. The molecule has 0 aromatic rings. The molecule has 0 unspecified atom stereocenters. The summed E-state index contributed by atoms with van der Waals surface area (Å²) >= 11 is 0. The Balaban J connectivity index is 1.82. The van der Waals surface area contributed by atoms with Crippen molar-refractivity contribution >= 4 is 5.91 Å². The SMILES string of the molecule is CN(C)C(=O)CCCCCCCC1OCCO1. The standard InChI is InChI=1S/C13H25NO3/c1-14(2)12(15)8-6-4-3-5-7-9-13-16-10-11-17-13/h13H,3-11H2,1-2H3. The number of amides is 1. The van der Waals surface area contributed by atoms with Crippen LogP contribution in [-0.2, 0) is 14.3 Å². The molecule has 0 atom stereocenters. The lowest BCUT2D eigenvalue weighted by Gasteiger charge is -2.10. The highest BCUT2D eigenvalue weighted by atomic mass is 16.7. The number of hydrogen-bond donors (Lipinski definition) is 0. The van der Waals surface area contributed by atoms with Crippen molar-refractivity contribution in [2.75, 3.05) is 27.3 Å². The minimum Gasteiger partial charge on any atom is -0.350 e. The van der Waals surface area contributed by atoms with E-state index >= 15 is 0 Å². The van der Waals surface area contributed by atoms with E-state index in [-0.39, 0.29) is 12.2 Å². The van der Waals surface area contributed by atoms with Gasteiger partial charge in [0, 0.05) is 20.5 Å². The smallest absolute Gasteiger partial charge is 0.222 e. The molecule has 0 saturated carbocycles. The Morgan fingerprint density at radius 2 is 1.65 bits per heavy atom. The fourth-order valence-corrected chi connectivity index (χ4v) is 1.92. The predicted molar refractivity (Wildman–Crippen MR) is 66.7 cm³/mol. The van der Waals surface area contributed by atoms with E-state index in [2.05, 4.69) is 0 Å². The van der Waals surface area contributed by atoms with Crippen LogP contribution in [0.5, 0.6) is 0 Å². The quantitative estimate of drug-likeness (QED) is 0.613. The summed E-state index contributed by atoms with van der Waals surface area (Å²) < 4.78 is 10.7. The molecule has 4 nitrogen and oxygen atoms in total. The van der Waals surface area contributed by atoms with Crippen molar-refractivity contribution in [1.29, 1.82) is 0 Å². The molecule has 1 heterocycles. The maximum absolute atomic E-state index is 11.3. The number of hydrogen-bond acceptors (Lipinski definition) is 3. The highest BCUT2D eigenvalue weighted by molar-refractivity contribution is 5.75. The van der Waals surface area contributed by atoms with Crippen LogP contribution in [0.1, 0.15) is 44.9 Å². The van der Waals surface area contributed by atoms with Crippen molar-refractivity contribution in [1.82, 2.24) is 4.90 Å². The zero-order chi connectivity index (χ0) is 12.5. The third-order valence-electron chi connectivity index (χ3n) is 3.02. The second-order valence-corrected chi connectivity index (χ2v) is 4.77. The fourth-order valence-electron chi connectivity index (χ4n) is 1.92. The predicted octanol–water partition coefficient (Wildman–Crippen LogP) is 2.18. The molecule has 1 saturated heterocycles. The molecule has 1 rings (SSSR count). The van der Waals surface area contributed by atoms with Gasteiger partial charge in [0.25, 0.3) is 0 Å². The van der Waals surface area contributed by atoms with Gasteiger partial charge in [-0.25, -0.2) is 0 Å². The summed E-state index contributed by atoms with van der Waals surface area (Å²) in [6, 6.07) is 0. The molecule has 1 aliphatic heterocycles. The minimum atomic E-state index is 0.0466. The molecule has 0 radical (unpaired) electrons. The van der Waals surface area contributed by atoms with Crippen LogP contribution in [0.25, 0.3) is 0 Å². The van der Waals surface area contributed by atoms with E-state index in [1.807, 2.05) is 14.1 Å². The molecule has 1 fully saturated rings. The molecule has 100 valence electrons. The summed E-state index contributed by atoms with van der Waals surface area (Å²) in [6.45, 7) is 1.49. The molecule has 0 aliphatic carbocycles. The topological polar surface area (TPSA) is 38.8 Å². The van der Waals surface area contributed by atoms with E-state index in [1.165, 1.54) is 12.8 Å². The van der Waals surface area contributed by atoms with Crippen molar-refractivity contribution in [3.63, 3.8) is 0 Å². The Hall–Kier alpha value is -0.610. The molecule has 1 aliphatic rings. The van der Waals surface area contributed by atoms with Gasteiger partial charge in [-0.1, -0.05) is 19.3 Å². The normalized spacial score (nSPS) is 16.4. The lowest BCUT2D eigenvalue weighted by Crippen LogP contribution is -2.20. The Morgan fingerprint density at radius 1 is 1.06 bits per heavy atom. The molecule has 0 spiro atoms. The highest BCUT2D eigenvalue weighted by Gasteiger charge is 2.14. The first kappa shape index (κ1) is 14.5. The molecule has 0 aromatic heterocycles. The molecular formula is C13H25NO3. The van der Waals surface area contributed by atoms with Crippen LogP contribution in [-0.4, -0.2) is 44.4 Å². The van der Waals surface area contributed by atoms with Gasteiger partial charge >= 0.3 is 0 Å². The summed E-state index contributed by atoms with van der Waals surface area (Å²) in [5.41, 5.74) is 0. The first-order chi connectivity index (χ1) is 8.20. The van der Waals surface area contributed by atoms with Crippen LogP contribution in [0.2, 0.25) is 0 Å². The van der Waals surface area contributed by atoms with Gasteiger partial charge in [-0.15, -0.1) is 0 Å².